The molecule has 1 atom stereocenters. The maximum atomic E-state index is 11.9. The van der Waals surface area contributed by atoms with Gasteiger partial charge in [-0.15, -0.1) is 0 Å². The van der Waals surface area contributed by atoms with Crippen LogP contribution >= 0.6 is 15.9 Å². The Morgan fingerprint density at radius 2 is 1.95 bits per heavy atom. The molecule has 1 unspecified atom stereocenters. The topological polar surface area (TPSA) is 71.3 Å². The van der Waals surface area contributed by atoms with Crippen LogP contribution in [0.1, 0.15) is 24.3 Å². The second kappa shape index (κ2) is 6.21. The lowest BCUT2D eigenvalue weighted by Gasteiger charge is -2.16. The van der Waals surface area contributed by atoms with Gasteiger partial charge in [0.05, 0.1) is 10.9 Å². The molecule has 0 fully saturated rings. The number of aryl methyl sites for hydroxylation is 1. The first-order valence-electron chi connectivity index (χ1n) is 6.39. The molecule has 0 bridgehead atoms. The van der Waals surface area contributed by atoms with Crippen LogP contribution in [-0.2, 0) is 10.0 Å². The number of rotatable bonds is 5. The fraction of sp³-hybridized carbons (Fsp3) is 0.286. The maximum absolute atomic E-state index is 11.9. The SMILES string of the molecule is CNS(=O)(=O)c1ccc(C)c(NC(C)c2ccc(Br)o2)c1. The van der Waals surface area contributed by atoms with Crippen molar-refractivity contribution in [3.63, 3.8) is 0 Å². The van der Waals surface area contributed by atoms with E-state index in [0.29, 0.717) is 4.67 Å². The number of anilines is 1. The third kappa shape index (κ3) is 3.66. The Morgan fingerprint density at radius 1 is 1.24 bits per heavy atom. The summed E-state index contributed by atoms with van der Waals surface area (Å²) in [5, 5.41) is 3.27. The molecule has 2 aromatic rings. The van der Waals surface area contributed by atoms with E-state index in [0.717, 1.165) is 17.0 Å². The van der Waals surface area contributed by atoms with Crippen molar-refractivity contribution in [3.8, 4) is 0 Å². The minimum absolute atomic E-state index is 0.0810. The summed E-state index contributed by atoms with van der Waals surface area (Å²) in [5.41, 5.74) is 1.72. The van der Waals surface area contributed by atoms with E-state index in [1.807, 2.05) is 26.0 Å². The molecule has 0 amide bonds. The average Bonchev–Trinajstić information content (AvgIpc) is 2.87. The maximum Gasteiger partial charge on any atom is 0.240 e. The van der Waals surface area contributed by atoms with Gasteiger partial charge in [0.2, 0.25) is 10.0 Å². The highest BCUT2D eigenvalue weighted by Crippen LogP contribution is 2.27. The third-order valence-electron chi connectivity index (χ3n) is 3.18. The first-order valence-corrected chi connectivity index (χ1v) is 8.67. The van der Waals surface area contributed by atoms with E-state index in [1.54, 1.807) is 18.2 Å². The highest BCUT2D eigenvalue weighted by molar-refractivity contribution is 9.10. The molecule has 2 N–H and O–H groups in total. The van der Waals surface area contributed by atoms with Gasteiger partial charge < -0.3 is 9.73 Å². The Labute approximate surface area is 132 Å². The monoisotopic (exact) mass is 372 g/mol. The van der Waals surface area contributed by atoms with Crippen LogP contribution in [0.4, 0.5) is 5.69 Å². The zero-order chi connectivity index (χ0) is 15.6. The molecule has 2 rings (SSSR count). The molecular formula is C14H17BrN2O3S. The summed E-state index contributed by atoms with van der Waals surface area (Å²) in [5.74, 6) is 0.767. The molecule has 5 nitrogen and oxygen atoms in total. The molecule has 0 radical (unpaired) electrons. The van der Waals surface area contributed by atoms with E-state index in [2.05, 4.69) is 26.0 Å². The van der Waals surface area contributed by atoms with Gasteiger partial charge in [0.1, 0.15) is 5.76 Å². The Bertz CT molecular complexity index is 740. The van der Waals surface area contributed by atoms with Gasteiger partial charge in [-0.3, -0.25) is 0 Å². The number of sulfonamides is 1. The molecule has 1 heterocycles. The number of hydrogen-bond acceptors (Lipinski definition) is 4. The molecule has 1 aromatic carbocycles. The van der Waals surface area contributed by atoms with Crippen LogP contribution in [0.15, 0.2) is 44.3 Å². The number of hydrogen-bond donors (Lipinski definition) is 2. The van der Waals surface area contributed by atoms with Gasteiger partial charge in [-0.25, -0.2) is 13.1 Å². The van der Waals surface area contributed by atoms with Crippen LogP contribution in [0, 0.1) is 6.92 Å². The zero-order valence-electron chi connectivity index (χ0n) is 12.0. The van der Waals surface area contributed by atoms with Gasteiger partial charge in [-0.1, -0.05) is 6.07 Å². The van der Waals surface area contributed by atoms with Crippen molar-refractivity contribution in [2.45, 2.75) is 24.8 Å². The van der Waals surface area contributed by atoms with E-state index in [9.17, 15) is 8.42 Å². The fourth-order valence-electron chi connectivity index (χ4n) is 1.91. The second-order valence-corrected chi connectivity index (χ2v) is 7.36. The summed E-state index contributed by atoms with van der Waals surface area (Å²) in [6.45, 7) is 3.87. The van der Waals surface area contributed by atoms with Crippen LogP contribution in [-0.4, -0.2) is 15.5 Å². The van der Waals surface area contributed by atoms with Crippen molar-refractivity contribution in [2.24, 2.45) is 0 Å². The van der Waals surface area contributed by atoms with E-state index < -0.39 is 10.0 Å². The van der Waals surface area contributed by atoms with Gasteiger partial charge in [-0.2, -0.15) is 0 Å². The minimum Gasteiger partial charge on any atom is -0.452 e. The molecule has 7 heteroatoms. The second-order valence-electron chi connectivity index (χ2n) is 4.69. The smallest absolute Gasteiger partial charge is 0.240 e. The molecule has 21 heavy (non-hydrogen) atoms. The van der Waals surface area contributed by atoms with Gasteiger partial charge in [-0.05, 0) is 66.7 Å². The van der Waals surface area contributed by atoms with E-state index in [-0.39, 0.29) is 10.9 Å². The predicted octanol–water partition coefficient (Wildman–Crippen LogP) is 3.43. The van der Waals surface area contributed by atoms with Crippen molar-refractivity contribution in [1.29, 1.82) is 0 Å². The Hall–Kier alpha value is -1.31. The van der Waals surface area contributed by atoms with Crippen molar-refractivity contribution in [2.75, 3.05) is 12.4 Å². The van der Waals surface area contributed by atoms with Crippen LogP contribution in [0.25, 0.3) is 0 Å². The van der Waals surface area contributed by atoms with Gasteiger partial charge in [0.15, 0.2) is 4.67 Å². The highest BCUT2D eigenvalue weighted by Gasteiger charge is 2.15. The Morgan fingerprint density at radius 3 is 2.52 bits per heavy atom. The first kappa shape index (κ1) is 16.1. The van der Waals surface area contributed by atoms with Gasteiger partial charge >= 0.3 is 0 Å². The number of benzene rings is 1. The standard InChI is InChI=1S/C14H17BrN2O3S/c1-9-4-5-11(21(18,19)16-3)8-12(9)17-10(2)13-6-7-14(15)20-13/h4-8,10,16-17H,1-3H3. The largest absolute Gasteiger partial charge is 0.452 e. The van der Waals surface area contributed by atoms with Crippen molar-refractivity contribution >= 4 is 31.6 Å². The Kier molecular flexibility index (Phi) is 4.75. The van der Waals surface area contributed by atoms with Crippen molar-refractivity contribution in [3.05, 3.63) is 46.3 Å². The van der Waals surface area contributed by atoms with Crippen molar-refractivity contribution in [1.82, 2.24) is 4.72 Å². The van der Waals surface area contributed by atoms with Gasteiger partial charge in [0, 0.05) is 5.69 Å². The predicted molar refractivity (Wildman–Crippen MR) is 85.9 cm³/mol. The molecule has 0 aliphatic rings. The lowest BCUT2D eigenvalue weighted by molar-refractivity contribution is 0.471. The van der Waals surface area contributed by atoms with Crippen LogP contribution in [0.2, 0.25) is 0 Å². The van der Waals surface area contributed by atoms with Crippen molar-refractivity contribution < 1.29 is 12.8 Å². The van der Waals surface area contributed by atoms with Crippen LogP contribution < -0.4 is 10.0 Å². The van der Waals surface area contributed by atoms with Gasteiger partial charge in [0.25, 0.3) is 0 Å². The summed E-state index contributed by atoms with van der Waals surface area (Å²) < 4.78 is 32.2. The molecule has 0 aliphatic heterocycles. The molecule has 0 saturated heterocycles. The normalized spacial score (nSPS) is 13.1. The molecule has 0 spiro atoms. The summed E-state index contributed by atoms with van der Waals surface area (Å²) >= 11 is 3.27. The minimum atomic E-state index is -3.45. The lowest BCUT2D eigenvalue weighted by Crippen LogP contribution is -2.19. The first-order chi connectivity index (χ1) is 9.83. The highest BCUT2D eigenvalue weighted by atomic mass is 79.9. The van der Waals surface area contributed by atoms with Crippen LogP contribution in [0.3, 0.4) is 0 Å². The van der Waals surface area contributed by atoms with E-state index in [4.69, 9.17) is 4.42 Å². The van der Waals surface area contributed by atoms with E-state index in [1.165, 1.54) is 7.05 Å². The summed E-state index contributed by atoms with van der Waals surface area (Å²) in [7, 11) is -2.06. The lowest BCUT2D eigenvalue weighted by atomic mass is 10.1. The summed E-state index contributed by atoms with van der Waals surface area (Å²) in [6.07, 6.45) is 0. The molecular weight excluding hydrogens is 356 g/mol. The molecule has 114 valence electrons. The zero-order valence-corrected chi connectivity index (χ0v) is 14.4. The van der Waals surface area contributed by atoms with Crippen LogP contribution in [0.5, 0.6) is 0 Å². The fourth-order valence-corrected chi connectivity index (χ4v) is 2.98. The summed E-state index contributed by atoms with van der Waals surface area (Å²) in [6, 6.07) is 8.59. The average molecular weight is 373 g/mol. The number of halogens is 1. The third-order valence-corrected chi connectivity index (χ3v) is 5.02. The molecule has 0 aliphatic carbocycles. The quantitative estimate of drug-likeness (QED) is 0.843. The molecule has 0 saturated carbocycles. The number of furan rings is 1. The summed E-state index contributed by atoms with van der Waals surface area (Å²) in [4.78, 5) is 0.228. The Balaban J connectivity index is 2.29. The van der Waals surface area contributed by atoms with E-state index >= 15 is 0 Å². The number of nitrogens with one attached hydrogen (secondary N) is 2. The molecule has 1 aromatic heterocycles.